The molecule has 0 radical (unpaired) electrons. The Morgan fingerprint density at radius 2 is 1.24 bits per heavy atom. The SMILES string of the molecule is CCCCCCCCOc1ccc(C(NC(=O)c2ccc(C)cc2)NC(=O)c2ccc(C)cc2)cc1OC. The highest BCUT2D eigenvalue weighted by molar-refractivity contribution is 5.96. The fourth-order valence-corrected chi connectivity index (χ4v) is 4.09. The first-order valence-corrected chi connectivity index (χ1v) is 13.5. The van der Waals surface area contributed by atoms with E-state index >= 15 is 0 Å². The summed E-state index contributed by atoms with van der Waals surface area (Å²) in [6.45, 7) is 6.76. The van der Waals surface area contributed by atoms with E-state index in [1.54, 1.807) is 37.4 Å². The maximum atomic E-state index is 13.1. The maximum absolute atomic E-state index is 13.1. The highest BCUT2D eigenvalue weighted by Crippen LogP contribution is 2.30. The minimum absolute atomic E-state index is 0.290. The number of unbranched alkanes of at least 4 members (excludes halogenated alkanes) is 5. The van der Waals surface area contributed by atoms with E-state index in [4.69, 9.17) is 9.47 Å². The van der Waals surface area contributed by atoms with E-state index in [0.29, 0.717) is 34.8 Å². The molecule has 0 aliphatic carbocycles. The number of ether oxygens (including phenoxy) is 2. The predicted molar refractivity (Wildman–Crippen MR) is 152 cm³/mol. The highest BCUT2D eigenvalue weighted by atomic mass is 16.5. The highest BCUT2D eigenvalue weighted by Gasteiger charge is 2.21. The van der Waals surface area contributed by atoms with E-state index < -0.39 is 6.17 Å². The fourth-order valence-electron chi connectivity index (χ4n) is 4.09. The number of aryl methyl sites for hydroxylation is 2. The Morgan fingerprint density at radius 3 is 1.76 bits per heavy atom. The standard InChI is InChI=1S/C32H40N2O4/c1-5-6-7-8-9-10-21-38-28-20-19-27(22-29(28)37-4)30(33-31(35)25-15-11-23(2)12-16-25)34-32(36)26-17-13-24(3)14-18-26/h11-20,22,30H,5-10,21H2,1-4H3,(H,33,35)(H,34,36). The smallest absolute Gasteiger partial charge is 0.253 e. The van der Waals surface area contributed by atoms with Gasteiger partial charge in [0.1, 0.15) is 6.17 Å². The molecule has 3 rings (SSSR count). The van der Waals surface area contributed by atoms with Crippen LogP contribution in [0.3, 0.4) is 0 Å². The molecular weight excluding hydrogens is 476 g/mol. The molecule has 2 N–H and O–H groups in total. The summed E-state index contributed by atoms with van der Waals surface area (Å²) in [6, 6.07) is 20.1. The van der Waals surface area contributed by atoms with Crippen molar-refractivity contribution in [1.29, 1.82) is 0 Å². The van der Waals surface area contributed by atoms with E-state index in [9.17, 15) is 9.59 Å². The molecule has 3 aromatic rings. The number of hydrogen-bond acceptors (Lipinski definition) is 4. The number of carbonyl (C=O) groups excluding carboxylic acids is 2. The summed E-state index contributed by atoms with van der Waals surface area (Å²) >= 11 is 0. The van der Waals surface area contributed by atoms with Crippen molar-refractivity contribution < 1.29 is 19.1 Å². The molecule has 3 aromatic carbocycles. The maximum Gasteiger partial charge on any atom is 0.253 e. The van der Waals surface area contributed by atoms with E-state index in [-0.39, 0.29) is 11.8 Å². The largest absolute Gasteiger partial charge is 0.493 e. The second kappa shape index (κ2) is 14.8. The average molecular weight is 517 g/mol. The Hall–Kier alpha value is -3.80. The van der Waals surface area contributed by atoms with Crippen molar-refractivity contribution in [2.75, 3.05) is 13.7 Å². The van der Waals surface area contributed by atoms with Gasteiger partial charge < -0.3 is 20.1 Å². The van der Waals surface area contributed by atoms with Crippen LogP contribution in [0.4, 0.5) is 0 Å². The van der Waals surface area contributed by atoms with Gasteiger partial charge in [0.2, 0.25) is 0 Å². The van der Waals surface area contributed by atoms with Gasteiger partial charge in [-0.05, 0) is 62.2 Å². The van der Waals surface area contributed by atoms with Gasteiger partial charge in [0.05, 0.1) is 13.7 Å². The minimum atomic E-state index is -0.779. The molecule has 202 valence electrons. The summed E-state index contributed by atoms with van der Waals surface area (Å²) in [5.74, 6) is 0.606. The van der Waals surface area contributed by atoms with E-state index in [0.717, 1.165) is 24.0 Å². The molecule has 0 saturated carbocycles. The molecular formula is C32H40N2O4. The summed E-state index contributed by atoms with van der Waals surface area (Å²) in [4.78, 5) is 26.1. The van der Waals surface area contributed by atoms with Crippen molar-refractivity contribution in [2.24, 2.45) is 0 Å². The van der Waals surface area contributed by atoms with Gasteiger partial charge in [-0.3, -0.25) is 9.59 Å². The molecule has 0 unspecified atom stereocenters. The van der Waals surface area contributed by atoms with Crippen molar-refractivity contribution in [1.82, 2.24) is 10.6 Å². The lowest BCUT2D eigenvalue weighted by Gasteiger charge is -2.22. The second-order valence-electron chi connectivity index (χ2n) is 9.64. The summed E-state index contributed by atoms with van der Waals surface area (Å²) < 4.78 is 11.6. The third-order valence-corrected chi connectivity index (χ3v) is 6.45. The van der Waals surface area contributed by atoms with Crippen molar-refractivity contribution >= 4 is 11.8 Å². The number of methoxy groups -OCH3 is 1. The lowest BCUT2D eigenvalue weighted by molar-refractivity contribution is 0.0883. The van der Waals surface area contributed by atoms with Crippen LogP contribution in [0.15, 0.2) is 66.7 Å². The Bertz CT molecular complexity index is 1110. The quantitative estimate of drug-likeness (QED) is 0.180. The summed E-state index contributed by atoms with van der Waals surface area (Å²) in [5.41, 5.74) is 3.82. The van der Waals surface area contributed by atoms with Gasteiger partial charge in [-0.15, -0.1) is 0 Å². The zero-order valence-corrected chi connectivity index (χ0v) is 23.0. The number of rotatable bonds is 14. The zero-order valence-electron chi connectivity index (χ0n) is 23.0. The molecule has 38 heavy (non-hydrogen) atoms. The van der Waals surface area contributed by atoms with Gasteiger partial charge in [0.25, 0.3) is 11.8 Å². The fraction of sp³-hybridized carbons (Fsp3) is 0.375. The Morgan fingerprint density at radius 1 is 0.711 bits per heavy atom. The number of nitrogens with one attached hydrogen (secondary N) is 2. The first-order valence-electron chi connectivity index (χ1n) is 13.5. The molecule has 2 amide bonds. The third-order valence-electron chi connectivity index (χ3n) is 6.45. The lowest BCUT2D eigenvalue weighted by Crippen LogP contribution is -2.41. The molecule has 0 aromatic heterocycles. The Labute approximate surface area is 226 Å². The van der Waals surface area contributed by atoms with Gasteiger partial charge in [-0.25, -0.2) is 0 Å². The first kappa shape index (κ1) is 28.8. The number of benzene rings is 3. The van der Waals surface area contributed by atoms with Crippen LogP contribution in [0.5, 0.6) is 11.5 Å². The van der Waals surface area contributed by atoms with Crippen molar-refractivity contribution in [3.8, 4) is 11.5 Å². The predicted octanol–water partition coefficient (Wildman–Crippen LogP) is 6.91. The molecule has 0 saturated heterocycles. The third kappa shape index (κ3) is 8.65. The van der Waals surface area contributed by atoms with Gasteiger partial charge >= 0.3 is 0 Å². The summed E-state index contributed by atoms with van der Waals surface area (Å²) in [7, 11) is 1.58. The molecule has 0 fully saturated rings. The molecule has 0 atom stereocenters. The van der Waals surface area contributed by atoms with Gasteiger partial charge in [0.15, 0.2) is 11.5 Å². The van der Waals surface area contributed by atoms with Crippen LogP contribution in [0.25, 0.3) is 0 Å². The summed E-state index contributed by atoms with van der Waals surface area (Å²) in [5, 5.41) is 5.92. The Balaban J connectivity index is 1.76. The van der Waals surface area contributed by atoms with Gasteiger partial charge in [-0.2, -0.15) is 0 Å². The van der Waals surface area contributed by atoms with Crippen LogP contribution in [0.2, 0.25) is 0 Å². The van der Waals surface area contributed by atoms with E-state index in [1.807, 2.05) is 50.2 Å². The van der Waals surface area contributed by atoms with Gasteiger partial charge in [-0.1, -0.05) is 80.5 Å². The number of carbonyl (C=O) groups is 2. The van der Waals surface area contributed by atoms with E-state index in [2.05, 4.69) is 17.6 Å². The monoisotopic (exact) mass is 516 g/mol. The Kier molecular flexibility index (Phi) is 11.2. The van der Waals surface area contributed by atoms with Crippen LogP contribution < -0.4 is 20.1 Å². The van der Waals surface area contributed by atoms with Crippen molar-refractivity contribution in [3.05, 3.63) is 94.5 Å². The summed E-state index contributed by atoms with van der Waals surface area (Å²) in [6.07, 6.45) is 6.33. The van der Waals surface area contributed by atoms with Crippen molar-refractivity contribution in [2.45, 2.75) is 65.5 Å². The average Bonchev–Trinajstić information content (AvgIpc) is 2.92. The molecule has 6 nitrogen and oxygen atoms in total. The molecule has 0 heterocycles. The minimum Gasteiger partial charge on any atom is -0.493 e. The lowest BCUT2D eigenvalue weighted by atomic mass is 10.1. The normalized spacial score (nSPS) is 10.8. The van der Waals surface area contributed by atoms with E-state index in [1.165, 1.54) is 25.7 Å². The van der Waals surface area contributed by atoms with Crippen LogP contribution in [0, 0.1) is 13.8 Å². The van der Waals surface area contributed by atoms with Crippen LogP contribution >= 0.6 is 0 Å². The van der Waals surface area contributed by atoms with Crippen LogP contribution in [-0.2, 0) is 0 Å². The number of amides is 2. The topological polar surface area (TPSA) is 76.7 Å². The first-order chi connectivity index (χ1) is 18.4. The van der Waals surface area contributed by atoms with Gasteiger partial charge in [0, 0.05) is 11.1 Å². The van der Waals surface area contributed by atoms with Crippen molar-refractivity contribution in [3.63, 3.8) is 0 Å². The van der Waals surface area contributed by atoms with Crippen LogP contribution in [-0.4, -0.2) is 25.5 Å². The molecule has 0 aliphatic heterocycles. The number of hydrogen-bond donors (Lipinski definition) is 2. The van der Waals surface area contributed by atoms with Crippen LogP contribution in [0.1, 0.15) is 89.0 Å². The second-order valence-corrected chi connectivity index (χ2v) is 9.64. The molecule has 6 heteroatoms. The molecule has 0 aliphatic rings. The molecule has 0 bridgehead atoms. The molecule has 0 spiro atoms. The zero-order chi connectivity index (χ0) is 27.3.